The molecule has 6 heteroatoms. The van der Waals surface area contributed by atoms with Gasteiger partial charge in [-0.05, 0) is 13.8 Å². The summed E-state index contributed by atoms with van der Waals surface area (Å²) in [4.78, 5) is 18.7. The van der Waals surface area contributed by atoms with E-state index in [1.54, 1.807) is 26.4 Å². The Kier molecular flexibility index (Phi) is 4.65. The molecule has 0 radical (unpaired) electrons. The van der Waals surface area contributed by atoms with Crippen LogP contribution in [0, 0.1) is 5.41 Å². The van der Waals surface area contributed by atoms with E-state index in [1.165, 1.54) is 0 Å². The average Bonchev–Trinajstić information content (AvgIpc) is 2.80. The Hall–Kier alpha value is -1.40. The number of imidazole rings is 1. The van der Waals surface area contributed by atoms with Gasteiger partial charge in [-0.3, -0.25) is 4.79 Å². The molecule has 0 unspecified atom stereocenters. The second-order valence-electron chi connectivity index (χ2n) is 4.71. The Labute approximate surface area is 101 Å². The number of nitrogens with two attached hydrogens (primary N) is 1. The van der Waals surface area contributed by atoms with Gasteiger partial charge in [-0.2, -0.15) is 0 Å². The maximum Gasteiger partial charge on any atom is 0.227 e. The number of carbonyl (C=O) groups excluding carboxylic acids is 1. The Balaban J connectivity index is 2.55. The highest BCUT2D eigenvalue weighted by Gasteiger charge is 2.27. The first-order chi connectivity index (χ1) is 7.99. The number of nitrogens with zero attached hydrogens (tertiary/aromatic N) is 1. The minimum Gasteiger partial charge on any atom is -0.394 e. The van der Waals surface area contributed by atoms with E-state index in [-0.39, 0.29) is 25.1 Å². The summed E-state index contributed by atoms with van der Waals surface area (Å²) in [5, 5.41) is 12.0. The van der Waals surface area contributed by atoms with Crippen LogP contribution in [0.4, 0.5) is 0 Å². The van der Waals surface area contributed by atoms with Gasteiger partial charge in [0.1, 0.15) is 0 Å². The van der Waals surface area contributed by atoms with E-state index in [0.29, 0.717) is 6.42 Å². The molecule has 17 heavy (non-hydrogen) atoms. The maximum absolute atomic E-state index is 11.9. The van der Waals surface area contributed by atoms with Gasteiger partial charge in [0.25, 0.3) is 0 Å². The Bertz CT molecular complexity index is 348. The van der Waals surface area contributed by atoms with Gasteiger partial charge < -0.3 is 21.1 Å². The molecule has 0 aliphatic rings. The quantitative estimate of drug-likeness (QED) is 0.533. The van der Waals surface area contributed by atoms with Crippen LogP contribution in [0.3, 0.4) is 0 Å². The van der Waals surface area contributed by atoms with E-state index in [2.05, 4.69) is 15.3 Å². The van der Waals surface area contributed by atoms with Crippen LogP contribution >= 0.6 is 0 Å². The summed E-state index contributed by atoms with van der Waals surface area (Å²) in [6.45, 7) is 3.68. The minimum atomic E-state index is -0.626. The van der Waals surface area contributed by atoms with Gasteiger partial charge in [0.2, 0.25) is 5.91 Å². The fourth-order valence-corrected chi connectivity index (χ4v) is 1.29. The lowest BCUT2D eigenvalue weighted by molar-refractivity contribution is -0.129. The number of aliphatic hydroxyl groups excluding tert-OH is 1. The molecule has 1 heterocycles. The standard InChI is InChI=1S/C11H20N4O2/c1-11(2,6-12)10(17)15-9(5-16)3-8-4-13-7-14-8/h4,7,9,16H,3,5-6,12H2,1-2H3,(H,13,14)(H,15,17)/t9-/m0/s1. The number of aromatic nitrogens is 2. The topological polar surface area (TPSA) is 104 Å². The highest BCUT2D eigenvalue weighted by molar-refractivity contribution is 5.82. The van der Waals surface area contributed by atoms with Crippen molar-refractivity contribution in [1.29, 1.82) is 0 Å². The van der Waals surface area contributed by atoms with Crippen molar-refractivity contribution in [2.75, 3.05) is 13.2 Å². The lowest BCUT2D eigenvalue weighted by Gasteiger charge is -2.25. The molecule has 0 aliphatic heterocycles. The van der Waals surface area contributed by atoms with Crippen LogP contribution in [-0.4, -0.2) is 40.2 Å². The second-order valence-corrected chi connectivity index (χ2v) is 4.71. The predicted octanol–water partition coefficient (Wildman–Crippen LogP) is -0.586. The normalized spacial score (nSPS) is 13.4. The number of hydrogen-bond acceptors (Lipinski definition) is 4. The molecule has 1 aromatic rings. The van der Waals surface area contributed by atoms with Crippen LogP contribution in [0.2, 0.25) is 0 Å². The smallest absolute Gasteiger partial charge is 0.227 e. The molecule has 0 aliphatic carbocycles. The average molecular weight is 240 g/mol. The summed E-state index contributed by atoms with van der Waals surface area (Å²) in [6.07, 6.45) is 3.80. The molecule has 1 amide bonds. The molecule has 1 aromatic heterocycles. The van der Waals surface area contributed by atoms with Crippen molar-refractivity contribution in [3.05, 3.63) is 18.2 Å². The van der Waals surface area contributed by atoms with E-state index in [1.807, 2.05) is 0 Å². The summed E-state index contributed by atoms with van der Waals surface area (Å²) in [5.74, 6) is -0.158. The number of nitrogens with one attached hydrogen (secondary N) is 2. The van der Waals surface area contributed by atoms with Crippen LogP contribution in [0.15, 0.2) is 12.5 Å². The van der Waals surface area contributed by atoms with Crippen LogP contribution < -0.4 is 11.1 Å². The van der Waals surface area contributed by atoms with Crippen molar-refractivity contribution in [3.63, 3.8) is 0 Å². The number of rotatable bonds is 6. The summed E-state index contributed by atoms with van der Waals surface area (Å²) in [7, 11) is 0. The lowest BCUT2D eigenvalue weighted by atomic mass is 9.92. The second kappa shape index (κ2) is 5.79. The van der Waals surface area contributed by atoms with Gasteiger partial charge in [-0.1, -0.05) is 0 Å². The summed E-state index contributed by atoms with van der Waals surface area (Å²) >= 11 is 0. The molecular weight excluding hydrogens is 220 g/mol. The Morgan fingerprint density at radius 2 is 2.41 bits per heavy atom. The number of carbonyl (C=O) groups is 1. The molecule has 1 atom stereocenters. The molecule has 0 fully saturated rings. The van der Waals surface area contributed by atoms with Crippen LogP contribution in [0.25, 0.3) is 0 Å². The lowest BCUT2D eigenvalue weighted by Crippen LogP contribution is -2.48. The number of aromatic amines is 1. The first-order valence-electron chi connectivity index (χ1n) is 5.59. The van der Waals surface area contributed by atoms with Crippen molar-refractivity contribution in [2.24, 2.45) is 11.1 Å². The van der Waals surface area contributed by atoms with Crippen LogP contribution in [0.1, 0.15) is 19.5 Å². The third kappa shape index (κ3) is 3.83. The SMILES string of the molecule is CC(C)(CN)C(=O)N[C@H](CO)Cc1c[nH]cn1. The highest BCUT2D eigenvalue weighted by atomic mass is 16.3. The number of aliphatic hydroxyl groups is 1. The molecular formula is C11H20N4O2. The van der Waals surface area contributed by atoms with E-state index in [0.717, 1.165) is 5.69 Å². The molecule has 0 bridgehead atoms. The maximum atomic E-state index is 11.9. The zero-order chi connectivity index (χ0) is 12.9. The number of amides is 1. The first kappa shape index (κ1) is 13.7. The van der Waals surface area contributed by atoms with Crippen molar-refractivity contribution >= 4 is 5.91 Å². The molecule has 0 spiro atoms. The molecule has 96 valence electrons. The summed E-state index contributed by atoms with van der Waals surface area (Å²) < 4.78 is 0. The molecule has 5 N–H and O–H groups in total. The fourth-order valence-electron chi connectivity index (χ4n) is 1.29. The van der Waals surface area contributed by atoms with Gasteiger partial charge in [-0.15, -0.1) is 0 Å². The van der Waals surface area contributed by atoms with Crippen molar-refractivity contribution < 1.29 is 9.90 Å². The summed E-state index contributed by atoms with van der Waals surface area (Å²) in [5.41, 5.74) is 5.69. The molecule has 6 nitrogen and oxygen atoms in total. The number of H-pyrrole nitrogens is 1. The van der Waals surface area contributed by atoms with Crippen molar-refractivity contribution in [1.82, 2.24) is 15.3 Å². The largest absolute Gasteiger partial charge is 0.394 e. The summed E-state index contributed by atoms with van der Waals surface area (Å²) in [6, 6.07) is -0.336. The van der Waals surface area contributed by atoms with Crippen LogP contribution in [0.5, 0.6) is 0 Å². The fraction of sp³-hybridized carbons (Fsp3) is 0.636. The monoisotopic (exact) mass is 240 g/mol. The van der Waals surface area contributed by atoms with E-state index in [4.69, 9.17) is 5.73 Å². The third-order valence-corrected chi connectivity index (χ3v) is 2.69. The Morgan fingerprint density at radius 3 is 2.88 bits per heavy atom. The van der Waals surface area contributed by atoms with Gasteiger partial charge >= 0.3 is 0 Å². The third-order valence-electron chi connectivity index (χ3n) is 2.69. The van der Waals surface area contributed by atoms with Crippen LogP contribution in [-0.2, 0) is 11.2 Å². The van der Waals surface area contributed by atoms with Crippen molar-refractivity contribution in [3.8, 4) is 0 Å². The molecule has 0 saturated carbocycles. The predicted molar refractivity (Wildman–Crippen MR) is 64.1 cm³/mol. The molecule has 0 saturated heterocycles. The zero-order valence-electron chi connectivity index (χ0n) is 10.2. The van der Waals surface area contributed by atoms with Gasteiger partial charge in [0, 0.05) is 19.2 Å². The van der Waals surface area contributed by atoms with E-state index < -0.39 is 5.41 Å². The first-order valence-corrected chi connectivity index (χ1v) is 5.59. The Morgan fingerprint density at radius 1 is 1.71 bits per heavy atom. The zero-order valence-corrected chi connectivity index (χ0v) is 10.2. The van der Waals surface area contributed by atoms with Gasteiger partial charge in [-0.25, -0.2) is 4.98 Å². The highest BCUT2D eigenvalue weighted by Crippen LogP contribution is 2.13. The van der Waals surface area contributed by atoms with E-state index >= 15 is 0 Å². The van der Waals surface area contributed by atoms with Gasteiger partial charge in [0.05, 0.1) is 30.1 Å². The number of hydrogen-bond donors (Lipinski definition) is 4. The molecule has 0 aromatic carbocycles. The van der Waals surface area contributed by atoms with Gasteiger partial charge in [0.15, 0.2) is 0 Å². The van der Waals surface area contributed by atoms with Crippen molar-refractivity contribution in [2.45, 2.75) is 26.3 Å². The minimum absolute atomic E-state index is 0.126. The molecule has 1 rings (SSSR count). The van der Waals surface area contributed by atoms with E-state index in [9.17, 15) is 9.90 Å².